The van der Waals surface area contributed by atoms with E-state index in [0.29, 0.717) is 130 Å². The SMILES string of the molecule is C=C(C)C(=O)NCCOCCOCCN.C=C(C)C(=O)NCCOCCOCCNC(=O)CCC(=O)OC.C=C(C)C(=O)OC(=O)C(=C)C.COC(=O)CCC(=O)O.NCCOCCOCCN. The molecule has 0 heterocycles. The molecule has 0 radical (unpaired) electrons. The van der Waals surface area contributed by atoms with Crippen LogP contribution in [0.2, 0.25) is 0 Å². The predicted octanol–water partition coefficient (Wildman–Crippen LogP) is -0.378. The van der Waals surface area contributed by atoms with Crippen LogP contribution in [0.1, 0.15) is 53.4 Å². The van der Waals surface area contributed by atoms with Gasteiger partial charge in [0.2, 0.25) is 17.7 Å². The van der Waals surface area contributed by atoms with Crippen LogP contribution < -0.4 is 33.2 Å². The lowest BCUT2D eigenvalue weighted by Gasteiger charge is -2.08. The fourth-order valence-electron chi connectivity index (χ4n) is 3.23. The molecular formula is C44H80N6O18. The van der Waals surface area contributed by atoms with Crippen molar-refractivity contribution in [2.45, 2.75) is 53.4 Å². The summed E-state index contributed by atoms with van der Waals surface area (Å²) >= 11 is 0. The minimum absolute atomic E-state index is 0.0498. The smallest absolute Gasteiger partial charge is 0.340 e. The van der Waals surface area contributed by atoms with Crippen molar-refractivity contribution in [3.63, 3.8) is 0 Å². The number of aliphatic carboxylic acids is 1. The predicted molar refractivity (Wildman–Crippen MR) is 252 cm³/mol. The summed E-state index contributed by atoms with van der Waals surface area (Å²) in [5.41, 5.74) is 16.9. The highest BCUT2D eigenvalue weighted by Crippen LogP contribution is 1.97. The lowest BCUT2D eigenvalue weighted by molar-refractivity contribution is -0.154. The van der Waals surface area contributed by atoms with Crippen molar-refractivity contribution < 1.29 is 86.1 Å². The van der Waals surface area contributed by atoms with E-state index in [-0.39, 0.29) is 54.6 Å². The molecule has 0 atom stereocenters. The summed E-state index contributed by atoms with van der Waals surface area (Å²) in [5.74, 6) is -3.85. The van der Waals surface area contributed by atoms with E-state index in [1.165, 1.54) is 28.1 Å². The van der Waals surface area contributed by atoms with E-state index < -0.39 is 29.8 Å². The number of carbonyl (C=O) groups excluding carboxylic acids is 7. The number of hydrogen-bond donors (Lipinski definition) is 7. The van der Waals surface area contributed by atoms with Crippen LogP contribution in [0.4, 0.5) is 0 Å². The summed E-state index contributed by atoms with van der Waals surface area (Å²) in [7, 11) is 2.51. The second kappa shape index (κ2) is 54.2. The van der Waals surface area contributed by atoms with Gasteiger partial charge in [-0.05, 0) is 27.7 Å². The van der Waals surface area contributed by atoms with Crippen LogP contribution in [0.5, 0.6) is 0 Å². The second-order valence-electron chi connectivity index (χ2n) is 13.2. The number of rotatable bonds is 34. The number of nitrogens with two attached hydrogens (primary N) is 3. The van der Waals surface area contributed by atoms with E-state index in [1.54, 1.807) is 13.8 Å². The topological polar surface area (TPSA) is 354 Å². The van der Waals surface area contributed by atoms with E-state index >= 15 is 0 Å². The number of hydrogen-bond acceptors (Lipinski definition) is 20. The van der Waals surface area contributed by atoms with Crippen LogP contribution in [-0.2, 0) is 81.0 Å². The summed E-state index contributed by atoms with van der Waals surface area (Å²) in [6.45, 7) is 28.9. The van der Waals surface area contributed by atoms with Gasteiger partial charge in [-0.25, -0.2) is 9.59 Å². The number of ether oxygens (including phenoxy) is 9. The molecule has 0 aliphatic heterocycles. The van der Waals surface area contributed by atoms with Crippen molar-refractivity contribution in [2.24, 2.45) is 17.2 Å². The molecule has 0 saturated heterocycles. The van der Waals surface area contributed by atoms with Gasteiger partial charge in [0.1, 0.15) is 0 Å². The molecule has 0 rings (SSSR count). The molecule has 0 aromatic rings. The molecule has 0 fully saturated rings. The molecule has 24 nitrogen and oxygen atoms in total. The molecular weight excluding hydrogens is 901 g/mol. The molecule has 0 unspecified atom stereocenters. The Bertz CT molecular complexity index is 1430. The maximum absolute atomic E-state index is 11.3. The third-order valence-electron chi connectivity index (χ3n) is 6.75. The maximum atomic E-state index is 11.3. The highest BCUT2D eigenvalue weighted by atomic mass is 16.6. The van der Waals surface area contributed by atoms with Crippen LogP contribution in [0.25, 0.3) is 0 Å². The standard InChI is InChI=1S/C15H26N2O6.C10H20N2O3.C8H10O3.C6H16N2O2.C5H8O4/c1-12(2)15(20)17-7-9-23-11-10-22-8-6-16-13(18)4-5-14(19)21-3;1-9(2)10(13)12-4-6-15-8-7-14-5-3-11;1-5(2)7(9)11-8(10)6(3)4;7-1-3-9-5-6-10-4-2-8;1-9-5(8)3-2-4(6)7/h1,4-11H2,2-3H3,(H,16,18)(H,17,20);1,3-8,11H2,2H3,(H,12,13);1,3H2,2,4H3;1-8H2;2-3H2,1H3,(H,6,7). The van der Waals surface area contributed by atoms with Crippen LogP contribution in [0.3, 0.4) is 0 Å². The van der Waals surface area contributed by atoms with Gasteiger partial charge in [-0.15, -0.1) is 0 Å². The number of esters is 4. The largest absolute Gasteiger partial charge is 0.481 e. The fraction of sp³-hybridized carbons (Fsp3) is 0.636. The monoisotopic (exact) mass is 981 g/mol. The number of nitrogens with one attached hydrogen (secondary N) is 3. The van der Waals surface area contributed by atoms with E-state index in [0.717, 1.165) is 0 Å². The molecule has 0 aromatic heterocycles. The molecule has 0 aliphatic carbocycles. The molecule has 0 aliphatic rings. The average molecular weight is 981 g/mol. The highest BCUT2D eigenvalue weighted by Gasteiger charge is 2.11. The van der Waals surface area contributed by atoms with Gasteiger partial charge in [0.25, 0.3) is 0 Å². The average Bonchev–Trinajstić information content (AvgIpc) is 3.30. The first kappa shape index (κ1) is 71.6. The third kappa shape index (κ3) is 62.6. The van der Waals surface area contributed by atoms with Gasteiger partial charge >= 0.3 is 29.8 Å². The van der Waals surface area contributed by atoms with Gasteiger partial charge in [0.05, 0.1) is 113 Å². The Balaban J connectivity index is -0.000000256. The molecule has 0 spiro atoms. The van der Waals surface area contributed by atoms with Crippen molar-refractivity contribution in [2.75, 3.05) is 133 Å². The zero-order valence-electron chi connectivity index (χ0n) is 41.0. The van der Waals surface area contributed by atoms with Gasteiger partial charge in [-0.3, -0.25) is 28.8 Å². The molecule has 10 N–H and O–H groups in total. The van der Waals surface area contributed by atoms with Crippen LogP contribution in [0, 0.1) is 0 Å². The summed E-state index contributed by atoms with van der Waals surface area (Å²) in [6, 6.07) is 0. The lowest BCUT2D eigenvalue weighted by Crippen LogP contribution is -2.29. The Morgan fingerprint density at radius 3 is 0.985 bits per heavy atom. The van der Waals surface area contributed by atoms with Gasteiger partial charge in [0, 0.05) is 68.0 Å². The quantitative estimate of drug-likeness (QED) is 0.0142. The molecule has 24 heteroatoms. The van der Waals surface area contributed by atoms with Gasteiger partial charge in [-0.2, -0.15) is 0 Å². The van der Waals surface area contributed by atoms with Crippen molar-refractivity contribution >= 4 is 47.6 Å². The van der Waals surface area contributed by atoms with Gasteiger partial charge < -0.3 is 80.9 Å². The lowest BCUT2D eigenvalue weighted by atomic mass is 10.3. The number of methoxy groups -OCH3 is 2. The number of carboxylic acids is 1. The second-order valence-corrected chi connectivity index (χ2v) is 13.2. The van der Waals surface area contributed by atoms with Gasteiger partial charge in [-0.1, -0.05) is 26.3 Å². The van der Waals surface area contributed by atoms with Crippen molar-refractivity contribution in [1.82, 2.24) is 16.0 Å². The zero-order chi connectivity index (χ0) is 53.0. The van der Waals surface area contributed by atoms with E-state index in [2.05, 4.69) is 56.5 Å². The Kier molecular flexibility index (Phi) is 57.0. The minimum atomic E-state index is -0.986. The number of amides is 3. The third-order valence-corrected chi connectivity index (χ3v) is 6.75. The van der Waals surface area contributed by atoms with Gasteiger partial charge in [0.15, 0.2) is 0 Å². The molecule has 68 heavy (non-hydrogen) atoms. The van der Waals surface area contributed by atoms with Crippen molar-refractivity contribution in [1.29, 1.82) is 0 Å². The number of carbonyl (C=O) groups is 8. The molecule has 394 valence electrons. The summed E-state index contributed by atoms with van der Waals surface area (Å²) in [5, 5.41) is 16.0. The maximum Gasteiger partial charge on any atom is 0.340 e. The van der Waals surface area contributed by atoms with Crippen LogP contribution in [0.15, 0.2) is 48.6 Å². The molecule has 0 bridgehead atoms. The molecule has 3 amide bonds. The molecule has 0 saturated carbocycles. The summed E-state index contributed by atoms with van der Waals surface area (Å²) < 4.78 is 43.8. The van der Waals surface area contributed by atoms with Crippen molar-refractivity contribution in [3.05, 3.63) is 48.6 Å². The van der Waals surface area contributed by atoms with E-state index in [4.69, 9.17) is 50.7 Å². The summed E-state index contributed by atoms with van der Waals surface area (Å²) in [4.78, 5) is 85.7. The zero-order valence-corrected chi connectivity index (χ0v) is 41.0. The first-order valence-corrected chi connectivity index (χ1v) is 21.3. The Morgan fingerprint density at radius 2 is 0.721 bits per heavy atom. The van der Waals surface area contributed by atoms with E-state index in [1.807, 2.05) is 0 Å². The van der Waals surface area contributed by atoms with Crippen LogP contribution >= 0.6 is 0 Å². The Hall–Kier alpha value is -5.44. The Morgan fingerprint density at radius 1 is 0.426 bits per heavy atom. The highest BCUT2D eigenvalue weighted by molar-refractivity contribution is 6.00. The van der Waals surface area contributed by atoms with Crippen molar-refractivity contribution in [3.8, 4) is 0 Å². The minimum Gasteiger partial charge on any atom is -0.481 e. The Labute approximate surface area is 400 Å². The van der Waals surface area contributed by atoms with Crippen LogP contribution in [-0.4, -0.2) is 185 Å². The fourth-order valence-corrected chi connectivity index (χ4v) is 3.23. The summed E-state index contributed by atoms with van der Waals surface area (Å²) in [6.07, 6.45) is -0.0386. The number of carboxylic acid groups (broad SMARTS) is 1. The van der Waals surface area contributed by atoms with E-state index in [9.17, 15) is 38.4 Å². The normalized spacial score (nSPS) is 9.60. The first-order valence-electron chi connectivity index (χ1n) is 21.3. The molecule has 0 aromatic carbocycles. The first-order chi connectivity index (χ1) is 32.2.